The Bertz CT molecular complexity index is 399. The first kappa shape index (κ1) is 9.21. The molecule has 76 valence electrons. The third kappa shape index (κ3) is 0.874. The SMILES string of the molecule is Cc1[nH]nc2c1C(N)(C(=O)O)C(C)C2. The van der Waals surface area contributed by atoms with Crippen molar-refractivity contribution in [2.24, 2.45) is 11.7 Å². The fourth-order valence-corrected chi connectivity index (χ4v) is 2.19. The topological polar surface area (TPSA) is 92.0 Å². The molecule has 2 rings (SSSR count). The number of carboxylic acid groups (broad SMARTS) is 1. The van der Waals surface area contributed by atoms with Gasteiger partial charge in [0.1, 0.15) is 5.54 Å². The van der Waals surface area contributed by atoms with Crippen molar-refractivity contribution in [3.63, 3.8) is 0 Å². The van der Waals surface area contributed by atoms with E-state index in [1.807, 2.05) is 6.92 Å². The third-order valence-electron chi connectivity index (χ3n) is 3.07. The van der Waals surface area contributed by atoms with Gasteiger partial charge in [0.25, 0.3) is 0 Å². The molecule has 0 aromatic carbocycles. The Balaban J connectivity index is 2.63. The summed E-state index contributed by atoms with van der Waals surface area (Å²) in [6, 6.07) is 0. The van der Waals surface area contributed by atoms with Crippen molar-refractivity contribution in [2.75, 3.05) is 0 Å². The molecule has 1 aliphatic rings. The van der Waals surface area contributed by atoms with Crippen LogP contribution in [-0.2, 0) is 16.8 Å². The number of aliphatic carboxylic acids is 1. The van der Waals surface area contributed by atoms with E-state index in [1.165, 1.54) is 0 Å². The molecule has 1 aromatic heterocycles. The Morgan fingerprint density at radius 3 is 3.00 bits per heavy atom. The van der Waals surface area contributed by atoms with Crippen molar-refractivity contribution in [1.82, 2.24) is 10.2 Å². The van der Waals surface area contributed by atoms with E-state index in [1.54, 1.807) is 6.92 Å². The lowest BCUT2D eigenvalue weighted by Crippen LogP contribution is -2.48. The van der Waals surface area contributed by atoms with Gasteiger partial charge < -0.3 is 10.8 Å². The van der Waals surface area contributed by atoms with Gasteiger partial charge in [-0.3, -0.25) is 5.10 Å². The van der Waals surface area contributed by atoms with Gasteiger partial charge in [-0.05, 0) is 19.3 Å². The second-order valence-electron chi connectivity index (χ2n) is 3.95. The molecule has 4 N–H and O–H groups in total. The molecule has 1 aromatic rings. The minimum absolute atomic E-state index is 0.106. The Morgan fingerprint density at radius 1 is 1.79 bits per heavy atom. The number of fused-ring (bicyclic) bond motifs is 1. The summed E-state index contributed by atoms with van der Waals surface area (Å²) in [5.74, 6) is -1.08. The molecule has 1 aliphatic carbocycles. The van der Waals surface area contributed by atoms with Crippen molar-refractivity contribution >= 4 is 5.97 Å². The lowest BCUT2D eigenvalue weighted by molar-refractivity contribution is -0.145. The molecule has 0 spiro atoms. The largest absolute Gasteiger partial charge is 0.480 e. The summed E-state index contributed by atoms with van der Waals surface area (Å²) in [4.78, 5) is 11.2. The van der Waals surface area contributed by atoms with Gasteiger partial charge in [0.05, 0.1) is 5.69 Å². The minimum atomic E-state index is -1.27. The van der Waals surface area contributed by atoms with Crippen molar-refractivity contribution < 1.29 is 9.90 Å². The zero-order chi connectivity index (χ0) is 10.5. The summed E-state index contributed by atoms with van der Waals surface area (Å²) in [5, 5.41) is 16.0. The molecule has 5 heteroatoms. The van der Waals surface area contributed by atoms with E-state index >= 15 is 0 Å². The molecule has 0 fully saturated rings. The van der Waals surface area contributed by atoms with Crippen LogP contribution in [0.15, 0.2) is 0 Å². The minimum Gasteiger partial charge on any atom is -0.480 e. The molecule has 0 bridgehead atoms. The highest BCUT2D eigenvalue weighted by Crippen LogP contribution is 2.40. The fourth-order valence-electron chi connectivity index (χ4n) is 2.19. The van der Waals surface area contributed by atoms with Crippen LogP contribution in [-0.4, -0.2) is 21.3 Å². The number of aromatic nitrogens is 2. The normalized spacial score (nSPS) is 30.4. The molecule has 2 atom stereocenters. The molecular weight excluding hydrogens is 182 g/mol. The van der Waals surface area contributed by atoms with Crippen LogP contribution in [0.5, 0.6) is 0 Å². The quantitative estimate of drug-likeness (QED) is 0.594. The first-order valence-corrected chi connectivity index (χ1v) is 4.54. The maximum atomic E-state index is 11.2. The monoisotopic (exact) mass is 195 g/mol. The van der Waals surface area contributed by atoms with Crippen LogP contribution in [0.1, 0.15) is 23.9 Å². The van der Waals surface area contributed by atoms with Crippen LogP contribution in [0.2, 0.25) is 0 Å². The number of aromatic amines is 1. The van der Waals surface area contributed by atoms with Gasteiger partial charge in [-0.15, -0.1) is 0 Å². The van der Waals surface area contributed by atoms with Gasteiger partial charge in [0.2, 0.25) is 0 Å². The smallest absolute Gasteiger partial charge is 0.328 e. The predicted octanol–water partition coefficient (Wildman–Crippen LogP) is 0.149. The third-order valence-corrected chi connectivity index (χ3v) is 3.07. The Labute approximate surface area is 81.3 Å². The zero-order valence-corrected chi connectivity index (χ0v) is 8.16. The summed E-state index contributed by atoms with van der Waals surface area (Å²) >= 11 is 0. The van der Waals surface area contributed by atoms with Crippen molar-refractivity contribution in [3.05, 3.63) is 17.0 Å². The Hall–Kier alpha value is -1.36. The fraction of sp³-hybridized carbons (Fsp3) is 0.556. The van der Waals surface area contributed by atoms with Crippen molar-refractivity contribution in [3.8, 4) is 0 Å². The number of hydrogen-bond donors (Lipinski definition) is 3. The van der Waals surface area contributed by atoms with E-state index in [0.29, 0.717) is 12.0 Å². The van der Waals surface area contributed by atoms with E-state index in [2.05, 4.69) is 10.2 Å². The Morgan fingerprint density at radius 2 is 2.43 bits per heavy atom. The average Bonchev–Trinajstić information content (AvgIpc) is 2.56. The molecule has 5 nitrogen and oxygen atoms in total. The highest BCUT2D eigenvalue weighted by molar-refractivity contribution is 5.83. The second-order valence-corrected chi connectivity index (χ2v) is 3.95. The number of carboxylic acids is 1. The van der Waals surface area contributed by atoms with Gasteiger partial charge in [0, 0.05) is 11.3 Å². The van der Waals surface area contributed by atoms with Crippen LogP contribution in [0, 0.1) is 12.8 Å². The molecule has 0 saturated heterocycles. The highest BCUT2D eigenvalue weighted by Gasteiger charge is 2.50. The summed E-state index contributed by atoms with van der Waals surface area (Å²) in [7, 11) is 0. The molecule has 0 amide bonds. The van der Waals surface area contributed by atoms with Gasteiger partial charge in [-0.2, -0.15) is 5.10 Å². The van der Waals surface area contributed by atoms with Gasteiger partial charge in [-0.25, -0.2) is 4.79 Å². The van der Waals surface area contributed by atoms with E-state index in [0.717, 1.165) is 11.4 Å². The number of H-pyrrole nitrogens is 1. The maximum Gasteiger partial charge on any atom is 0.328 e. The first-order valence-electron chi connectivity index (χ1n) is 4.54. The van der Waals surface area contributed by atoms with Crippen LogP contribution in [0.4, 0.5) is 0 Å². The molecule has 1 heterocycles. The Kier molecular flexibility index (Phi) is 1.69. The molecular formula is C9H13N3O2. The number of rotatable bonds is 1. The highest BCUT2D eigenvalue weighted by atomic mass is 16.4. The molecule has 0 aliphatic heterocycles. The number of carbonyl (C=O) groups is 1. The molecule has 14 heavy (non-hydrogen) atoms. The zero-order valence-electron chi connectivity index (χ0n) is 8.16. The number of hydrogen-bond acceptors (Lipinski definition) is 3. The summed E-state index contributed by atoms with van der Waals surface area (Å²) in [5.41, 5.74) is 6.89. The van der Waals surface area contributed by atoms with Crippen LogP contribution < -0.4 is 5.73 Å². The summed E-state index contributed by atoms with van der Waals surface area (Å²) in [6.45, 7) is 3.64. The molecule has 2 unspecified atom stereocenters. The summed E-state index contributed by atoms with van der Waals surface area (Å²) < 4.78 is 0. The van der Waals surface area contributed by atoms with Crippen LogP contribution in [0.25, 0.3) is 0 Å². The molecule has 0 radical (unpaired) electrons. The number of nitrogens with one attached hydrogen (secondary N) is 1. The van der Waals surface area contributed by atoms with E-state index < -0.39 is 11.5 Å². The van der Waals surface area contributed by atoms with Crippen molar-refractivity contribution in [1.29, 1.82) is 0 Å². The van der Waals surface area contributed by atoms with Gasteiger partial charge >= 0.3 is 5.97 Å². The van der Waals surface area contributed by atoms with Crippen LogP contribution >= 0.6 is 0 Å². The summed E-state index contributed by atoms with van der Waals surface area (Å²) in [6.07, 6.45) is 0.627. The van der Waals surface area contributed by atoms with E-state index in [-0.39, 0.29) is 5.92 Å². The van der Waals surface area contributed by atoms with Gasteiger partial charge in [0.15, 0.2) is 0 Å². The number of nitrogens with zero attached hydrogens (tertiary/aromatic N) is 1. The van der Waals surface area contributed by atoms with E-state index in [9.17, 15) is 4.79 Å². The van der Waals surface area contributed by atoms with Gasteiger partial charge in [-0.1, -0.05) is 6.92 Å². The van der Waals surface area contributed by atoms with Crippen LogP contribution in [0.3, 0.4) is 0 Å². The molecule has 0 saturated carbocycles. The van der Waals surface area contributed by atoms with E-state index in [4.69, 9.17) is 10.8 Å². The maximum absolute atomic E-state index is 11.2. The number of nitrogens with two attached hydrogens (primary N) is 1. The predicted molar refractivity (Wildman–Crippen MR) is 49.7 cm³/mol. The first-order chi connectivity index (χ1) is 6.48. The standard InChI is InChI=1S/C9H13N3O2/c1-4-3-6-7(5(2)11-12-6)9(4,10)8(13)14/h4H,3,10H2,1-2H3,(H,11,12)(H,13,14). The average molecular weight is 195 g/mol. The number of aryl methyl sites for hydroxylation is 1. The lowest BCUT2D eigenvalue weighted by atomic mass is 9.85. The van der Waals surface area contributed by atoms with Crippen molar-refractivity contribution in [2.45, 2.75) is 25.8 Å². The lowest BCUT2D eigenvalue weighted by Gasteiger charge is -2.24. The second kappa shape index (κ2) is 2.57.